The molecule has 2 aromatic rings. The Morgan fingerprint density at radius 3 is 3.00 bits per heavy atom. The molecule has 0 spiro atoms. The number of aromatic carboxylic acids is 1. The van der Waals surface area contributed by atoms with E-state index >= 15 is 0 Å². The molecule has 3 N–H and O–H groups in total. The first-order valence-corrected chi connectivity index (χ1v) is 4.58. The maximum Gasteiger partial charge on any atom is 0.339 e. The van der Waals surface area contributed by atoms with E-state index in [1.165, 1.54) is 12.5 Å². The molecular formula is C8H6N2O3S. The molecule has 5 nitrogen and oxygen atoms in total. The molecule has 2 rings (SSSR count). The van der Waals surface area contributed by atoms with Crippen LogP contribution in [0.1, 0.15) is 10.4 Å². The number of carboxylic acids is 1. The quantitative estimate of drug-likeness (QED) is 0.787. The van der Waals surface area contributed by atoms with E-state index in [4.69, 9.17) is 15.3 Å². The van der Waals surface area contributed by atoms with Gasteiger partial charge in [0.15, 0.2) is 0 Å². The van der Waals surface area contributed by atoms with Gasteiger partial charge in [0, 0.05) is 5.38 Å². The highest BCUT2D eigenvalue weighted by atomic mass is 32.1. The summed E-state index contributed by atoms with van der Waals surface area (Å²) in [6.07, 6.45) is 2.84. The van der Waals surface area contributed by atoms with Crippen molar-refractivity contribution in [1.82, 2.24) is 4.98 Å². The summed E-state index contributed by atoms with van der Waals surface area (Å²) >= 11 is 1.15. The van der Waals surface area contributed by atoms with E-state index in [-0.39, 0.29) is 16.5 Å². The SMILES string of the molecule is Nc1scc(-c2ncco2)c1C(=O)O. The number of rotatable bonds is 2. The van der Waals surface area contributed by atoms with Gasteiger partial charge in [0.25, 0.3) is 0 Å². The number of thiophene rings is 1. The van der Waals surface area contributed by atoms with Gasteiger partial charge in [0.2, 0.25) is 5.89 Å². The summed E-state index contributed by atoms with van der Waals surface area (Å²) in [4.78, 5) is 14.7. The average Bonchev–Trinajstić information content (AvgIpc) is 2.70. The molecule has 0 saturated carbocycles. The van der Waals surface area contributed by atoms with Crippen molar-refractivity contribution >= 4 is 22.3 Å². The van der Waals surface area contributed by atoms with Gasteiger partial charge in [-0.3, -0.25) is 0 Å². The molecule has 0 fully saturated rings. The van der Waals surface area contributed by atoms with E-state index in [0.29, 0.717) is 5.56 Å². The second-order valence-corrected chi connectivity index (χ2v) is 3.44. The summed E-state index contributed by atoms with van der Waals surface area (Å²) < 4.78 is 5.00. The van der Waals surface area contributed by atoms with E-state index in [9.17, 15) is 4.79 Å². The Balaban J connectivity index is 2.60. The van der Waals surface area contributed by atoms with Crippen LogP contribution in [0.25, 0.3) is 11.5 Å². The molecule has 0 aliphatic carbocycles. The molecule has 2 heterocycles. The van der Waals surface area contributed by atoms with Crippen molar-refractivity contribution in [2.45, 2.75) is 0 Å². The van der Waals surface area contributed by atoms with Crippen LogP contribution >= 0.6 is 11.3 Å². The molecule has 72 valence electrons. The Bertz CT molecular complexity index is 461. The zero-order valence-electron chi connectivity index (χ0n) is 6.93. The number of carboxylic acid groups (broad SMARTS) is 1. The smallest absolute Gasteiger partial charge is 0.339 e. The zero-order chi connectivity index (χ0) is 10.1. The fourth-order valence-corrected chi connectivity index (χ4v) is 1.89. The van der Waals surface area contributed by atoms with Gasteiger partial charge in [0.05, 0.1) is 11.8 Å². The van der Waals surface area contributed by atoms with Gasteiger partial charge in [-0.05, 0) is 0 Å². The van der Waals surface area contributed by atoms with E-state index in [1.807, 2.05) is 0 Å². The highest BCUT2D eigenvalue weighted by Gasteiger charge is 2.19. The summed E-state index contributed by atoms with van der Waals surface area (Å²) in [7, 11) is 0. The van der Waals surface area contributed by atoms with Gasteiger partial charge in [0.1, 0.15) is 16.8 Å². The molecule has 2 aromatic heterocycles. The number of nitrogen functional groups attached to an aromatic ring is 1. The number of nitrogens with zero attached hydrogens (tertiary/aromatic N) is 1. The van der Waals surface area contributed by atoms with Crippen LogP contribution in [0.2, 0.25) is 0 Å². The largest absolute Gasteiger partial charge is 0.478 e. The molecule has 0 aliphatic rings. The second-order valence-electron chi connectivity index (χ2n) is 2.53. The Morgan fingerprint density at radius 1 is 1.64 bits per heavy atom. The third-order valence-corrected chi connectivity index (χ3v) is 2.51. The van der Waals surface area contributed by atoms with Crippen molar-refractivity contribution in [2.24, 2.45) is 0 Å². The molecule has 0 unspecified atom stereocenters. The van der Waals surface area contributed by atoms with E-state index < -0.39 is 5.97 Å². The van der Waals surface area contributed by atoms with Crippen LogP contribution in [0.4, 0.5) is 5.00 Å². The number of nitrogens with two attached hydrogens (primary N) is 1. The third-order valence-electron chi connectivity index (χ3n) is 1.70. The monoisotopic (exact) mass is 210 g/mol. The predicted molar refractivity (Wildman–Crippen MR) is 51.2 cm³/mol. The Labute approximate surface area is 82.8 Å². The molecule has 0 aromatic carbocycles. The summed E-state index contributed by atoms with van der Waals surface area (Å²) in [6.45, 7) is 0. The molecule has 0 amide bonds. The summed E-state index contributed by atoms with van der Waals surface area (Å²) in [5.74, 6) is -0.799. The standard InChI is InChI=1S/C8H6N2O3S/c9-6-5(8(11)12)4(3-14-6)7-10-1-2-13-7/h1-3H,9H2,(H,11,12). The topological polar surface area (TPSA) is 89.4 Å². The first-order chi connectivity index (χ1) is 6.70. The minimum absolute atomic E-state index is 0.0532. The minimum Gasteiger partial charge on any atom is -0.478 e. The first kappa shape index (κ1) is 8.76. The van der Waals surface area contributed by atoms with Crippen LogP contribution in [-0.2, 0) is 0 Å². The first-order valence-electron chi connectivity index (χ1n) is 3.70. The Hall–Kier alpha value is -1.82. The van der Waals surface area contributed by atoms with Crippen LogP contribution < -0.4 is 5.73 Å². The fraction of sp³-hybridized carbons (Fsp3) is 0. The maximum atomic E-state index is 10.9. The summed E-state index contributed by atoms with van der Waals surface area (Å²) in [6, 6.07) is 0. The number of hydrogen-bond donors (Lipinski definition) is 2. The number of carbonyl (C=O) groups is 1. The summed E-state index contributed by atoms with van der Waals surface area (Å²) in [5.41, 5.74) is 5.99. The molecule has 0 atom stereocenters. The van der Waals surface area contributed by atoms with Gasteiger partial charge >= 0.3 is 5.97 Å². The van der Waals surface area contributed by atoms with Crippen molar-refractivity contribution < 1.29 is 14.3 Å². The summed E-state index contributed by atoms with van der Waals surface area (Å²) in [5, 5.41) is 10.8. The molecule has 14 heavy (non-hydrogen) atoms. The van der Waals surface area contributed by atoms with E-state index in [2.05, 4.69) is 4.98 Å². The average molecular weight is 210 g/mol. The third kappa shape index (κ3) is 1.25. The van der Waals surface area contributed by atoms with Crippen LogP contribution in [0.15, 0.2) is 22.3 Å². The van der Waals surface area contributed by atoms with Gasteiger partial charge in [-0.1, -0.05) is 0 Å². The lowest BCUT2D eigenvalue weighted by Gasteiger charge is -1.95. The number of anilines is 1. The van der Waals surface area contributed by atoms with Crippen LogP contribution in [0.5, 0.6) is 0 Å². The lowest BCUT2D eigenvalue weighted by Crippen LogP contribution is -2.00. The van der Waals surface area contributed by atoms with Crippen LogP contribution in [-0.4, -0.2) is 16.1 Å². The van der Waals surface area contributed by atoms with E-state index in [1.54, 1.807) is 5.38 Å². The van der Waals surface area contributed by atoms with Crippen molar-refractivity contribution in [3.05, 3.63) is 23.4 Å². The van der Waals surface area contributed by atoms with Crippen LogP contribution in [0.3, 0.4) is 0 Å². The number of aromatic nitrogens is 1. The molecule has 0 bridgehead atoms. The molecule has 0 aliphatic heterocycles. The molecule has 0 saturated heterocycles. The zero-order valence-corrected chi connectivity index (χ0v) is 7.75. The lowest BCUT2D eigenvalue weighted by atomic mass is 10.2. The minimum atomic E-state index is -1.07. The highest BCUT2D eigenvalue weighted by Crippen LogP contribution is 2.32. The van der Waals surface area contributed by atoms with Gasteiger partial charge < -0.3 is 15.3 Å². The van der Waals surface area contributed by atoms with E-state index in [0.717, 1.165) is 11.3 Å². The van der Waals surface area contributed by atoms with Crippen molar-refractivity contribution in [3.8, 4) is 11.5 Å². The van der Waals surface area contributed by atoms with Crippen molar-refractivity contribution in [3.63, 3.8) is 0 Å². The molecule has 6 heteroatoms. The number of oxazole rings is 1. The predicted octanol–water partition coefficient (Wildman–Crippen LogP) is 1.68. The van der Waals surface area contributed by atoms with Crippen molar-refractivity contribution in [2.75, 3.05) is 5.73 Å². The molecule has 0 radical (unpaired) electrons. The number of hydrogen-bond acceptors (Lipinski definition) is 5. The van der Waals surface area contributed by atoms with Gasteiger partial charge in [-0.2, -0.15) is 0 Å². The fourth-order valence-electron chi connectivity index (χ4n) is 1.11. The lowest BCUT2D eigenvalue weighted by molar-refractivity contribution is 0.0699. The van der Waals surface area contributed by atoms with Gasteiger partial charge in [-0.25, -0.2) is 9.78 Å². The van der Waals surface area contributed by atoms with Crippen LogP contribution in [0, 0.1) is 0 Å². The Morgan fingerprint density at radius 2 is 2.43 bits per heavy atom. The maximum absolute atomic E-state index is 10.9. The normalized spacial score (nSPS) is 10.3. The van der Waals surface area contributed by atoms with Crippen molar-refractivity contribution in [1.29, 1.82) is 0 Å². The Kier molecular flexibility index (Phi) is 1.97. The molecular weight excluding hydrogens is 204 g/mol. The highest BCUT2D eigenvalue weighted by molar-refractivity contribution is 7.14. The van der Waals surface area contributed by atoms with Gasteiger partial charge in [-0.15, -0.1) is 11.3 Å². The second kappa shape index (κ2) is 3.15.